The Kier molecular flexibility index (Phi) is 6.07. The van der Waals surface area contributed by atoms with Gasteiger partial charge in [0.15, 0.2) is 9.84 Å². The van der Waals surface area contributed by atoms with Gasteiger partial charge in [-0.15, -0.1) is 0 Å². The van der Waals surface area contributed by atoms with Gasteiger partial charge in [0.25, 0.3) is 0 Å². The van der Waals surface area contributed by atoms with Crippen molar-refractivity contribution in [3.8, 4) is 0 Å². The first-order valence-electron chi connectivity index (χ1n) is 7.18. The molecule has 0 aliphatic rings. The van der Waals surface area contributed by atoms with E-state index in [4.69, 9.17) is 0 Å². The quantitative estimate of drug-likeness (QED) is 0.762. The molecule has 0 aromatic heterocycles. The maximum absolute atomic E-state index is 13.0. The summed E-state index contributed by atoms with van der Waals surface area (Å²) in [4.78, 5) is 2.48. The first-order valence-corrected chi connectivity index (χ1v) is 10.5. The standard InChI is InChI=1S/C17H20FNO2S2/c1-22-12-11-19(13-14-3-5-15(18)6-4-14)16-7-9-17(10-8-16)23(2,20)21/h3-10H,11-13H2,1-2H3. The molecule has 0 radical (unpaired) electrons. The van der Waals surface area contributed by atoms with Crippen LogP contribution in [-0.4, -0.2) is 33.2 Å². The highest BCUT2D eigenvalue weighted by Gasteiger charge is 2.10. The number of rotatable bonds is 7. The van der Waals surface area contributed by atoms with Gasteiger partial charge in [-0.05, 0) is 48.2 Å². The highest BCUT2D eigenvalue weighted by molar-refractivity contribution is 7.98. The average Bonchev–Trinajstić information content (AvgIpc) is 2.52. The summed E-state index contributed by atoms with van der Waals surface area (Å²) in [7, 11) is -3.19. The summed E-state index contributed by atoms with van der Waals surface area (Å²) in [6.07, 6.45) is 3.24. The normalized spacial score (nSPS) is 11.4. The number of sulfone groups is 1. The van der Waals surface area contributed by atoms with Crippen molar-refractivity contribution in [3.05, 3.63) is 59.9 Å². The molecule has 2 rings (SSSR count). The second-order valence-corrected chi connectivity index (χ2v) is 8.31. The molecular weight excluding hydrogens is 333 g/mol. The largest absolute Gasteiger partial charge is 0.366 e. The van der Waals surface area contributed by atoms with E-state index >= 15 is 0 Å². The van der Waals surface area contributed by atoms with Gasteiger partial charge < -0.3 is 4.90 Å². The summed E-state index contributed by atoms with van der Waals surface area (Å²) in [5.41, 5.74) is 1.97. The lowest BCUT2D eigenvalue weighted by Gasteiger charge is -2.25. The van der Waals surface area contributed by atoms with Crippen LogP contribution in [0.25, 0.3) is 0 Å². The number of hydrogen-bond acceptors (Lipinski definition) is 4. The second kappa shape index (κ2) is 7.84. The number of hydrogen-bond donors (Lipinski definition) is 0. The summed E-state index contributed by atoms with van der Waals surface area (Å²) in [6.45, 7) is 1.48. The molecule has 0 heterocycles. The van der Waals surface area contributed by atoms with Gasteiger partial charge in [-0.2, -0.15) is 11.8 Å². The van der Waals surface area contributed by atoms with Crippen molar-refractivity contribution < 1.29 is 12.8 Å². The Hall–Kier alpha value is -1.53. The van der Waals surface area contributed by atoms with E-state index < -0.39 is 9.84 Å². The van der Waals surface area contributed by atoms with Crippen LogP contribution in [0.4, 0.5) is 10.1 Å². The lowest BCUT2D eigenvalue weighted by Crippen LogP contribution is -2.25. The number of anilines is 1. The van der Waals surface area contributed by atoms with Gasteiger partial charge >= 0.3 is 0 Å². The Morgan fingerprint density at radius 1 is 1.04 bits per heavy atom. The minimum atomic E-state index is -3.19. The fraction of sp³-hybridized carbons (Fsp3) is 0.294. The molecular formula is C17H20FNO2S2. The van der Waals surface area contributed by atoms with Crippen molar-refractivity contribution in [2.75, 3.05) is 29.7 Å². The van der Waals surface area contributed by atoms with E-state index in [-0.39, 0.29) is 5.82 Å². The number of halogens is 1. The Bertz CT molecular complexity index is 728. The van der Waals surface area contributed by atoms with Gasteiger partial charge in [-0.1, -0.05) is 12.1 Å². The molecule has 0 saturated carbocycles. The van der Waals surface area contributed by atoms with Crippen molar-refractivity contribution in [1.82, 2.24) is 0 Å². The highest BCUT2D eigenvalue weighted by Crippen LogP contribution is 2.21. The molecule has 0 fully saturated rings. The van der Waals surface area contributed by atoms with E-state index in [0.29, 0.717) is 11.4 Å². The zero-order valence-electron chi connectivity index (χ0n) is 13.2. The summed E-state index contributed by atoms with van der Waals surface area (Å²) < 4.78 is 36.1. The zero-order valence-corrected chi connectivity index (χ0v) is 14.8. The molecule has 0 aliphatic carbocycles. The molecule has 0 bridgehead atoms. The maximum Gasteiger partial charge on any atom is 0.175 e. The van der Waals surface area contributed by atoms with E-state index in [9.17, 15) is 12.8 Å². The first kappa shape index (κ1) is 17.8. The van der Waals surface area contributed by atoms with Crippen LogP contribution in [0, 0.1) is 5.82 Å². The van der Waals surface area contributed by atoms with E-state index in [0.717, 1.165) is 23.5 Å². The number of thioether (sulfide) groups is 1. The van der Waals surface area contributed by atoms with Crippen LogP contribution in [-0.2, 0) is 16.4 Å². The van der Waals surface area contributed by atoms with E-state index in [2.05, 4.69) is 4.90 Å². The number of nitrogens with zero attached hydrogens (tertiary/aromatic N) is 1. The monoisotopic (exact) mass is 353 g/mol. The van der Waals surface area contributed by atoms with Crippen LogP contribution in [0.15, 0.2) is 53.4 Å². The predicted molar refractivity (Wildman–Crippen MR) is 95.4 cm³/mol. The Balaban J connectivity index is 2.21. The third-order valence-corrected chi connectivity index (χ3v) is 5.20. The molecule has 23 heavy (non-hydrogen) atoms. The fourth-order valence-electron chi connectivity index (χ4n) is 2.22. The smallest absolute Gasteiger partial charge is 0.175 e. The Labute approximate surface area is 141 Å². The van der Waals surface area contributed by atoms with Gasteiger partial charge in [0.05, 0.1) is 4.90 Å². The maximum atomic E-state index is 13.0. The molecule has 0 spiro atoms. The van der Waals surface area contributed by atoms with Crippen molar-refractivity contribution in [2.45, 2.75) is 11.4 Å². The molecule has 0 amide bonds. The number of benzene rings is 2. The van der Waals surface area contributed by atoms with Crippen LogP contribution in [0.3, 0.4) is 0 Å². The molecule has 0 atom stereocenters. The molecule has 0 N–H and O–H groups in total. The molecule has 2 aromatic rings. The van der Waals surface area contributed by atoms with Crippen LogP contribution in [0.5, 0.6) is 0 Å². The Morgan fingerprint density at radius 2 is 1.65 bits per heavy atom. The molecule has 0 saturated heterocycles. The van der Waals surface area contributed by atoms with E-state index in [1.807, 2.05) is 18.4 Å². The topological polar surface area (TPSA) is 37.4 Å². The molecule has 0 unspecified atom stereocenters. The van der Waals surface area contributed by atoms with Crippen molar-refractivity contribution in [2.24, 2.45) is 0 Å². The van der Waals surface area contributed by atoms with Crippen molar-refractivity contribution in [3.63, 3.8) is 0 Å². The minimum absolute atomic E-state index is 0.248. The van der Waals surface area contributed by atoms with Gasteiger partial charge in [-0.25, -0.2) is 12.8 Å². The highest BCUT2D eigenvalue weighted by atomic mass is 32.2. The van der Waals surface area contributed by atoms with E-state index in [1.165, 1.54) is 18.4 Å². The summed E-state index contributed by atoms with van der Waals surface area (Å²) in [5, 5.41) is 0. The van der Waals surface area contributed by atoms with Gasteiger partial charge in [-0.3, -0.25) is 0 Å². The second-order valence-electron chi connectivity index (χ2n) is 5.31. The van der Waals surface area contributed by atoms with Crippen LogP contribution < -0.4 is 4.90 Å². The van der Waals surface area contributed by atoms with Gasteiger partial charge in [0, 0.05) is 30.8 Å². The third kappa shape index (κ3) is 5.25. The van der Waals surface area contributed by atoms with Crippen LogP contribution in [0.2, 0.25) is 0 Å². The fourth-order valence-corrected chi connectivity index (χ4v) is 3.25. The van der Waals surface area contributed by atoms with Crippen molar-refractivity contribution in [1.29, 1.82) is 0 Å². The van der Waals surface area contributed by atoms with Crippen molar-refractivity contribution >= 4 is 27.3 Å². The lowest BCUT2D eigenvalue weighted by atomic mass is 10.2. The predicted octanol–water partition coefficient (Wildman–Crippen LogP) is 3.60. The SMILES string of the molecule is CSCCN(Cc1ccc(F)cc1)c1ccc(S(C)(=O)=O)cc1. The van der Waals surface area contributed by atoms with Crippen LogP contribution >= 0.6 is 11.8 Å². The molecule has 2 aromatic carbocycles. The van der Waals surface area contributed by atoms with Gasteiger partial charge in [0.2, 0.25) is 0 Å². The zero-order chi connectivity index (χ0) is 16.9. The molecule has 6 heteroatoms. The third-order valence-electron chi connectivity index (χ3n) is 3.48. The summed E-state index contributed by atoms with van der Waals surface area (Å²) >= 11 is 1.75. The summed E-state index contributed by atoms with van der Waals surface area (Å²) in [5.74, 6) is 0.705. The lowest BCUT2D eigenvalue weighted by molar-refractivity contribution is 0.602. The average molecular weight is 353 g/mol. The molecule has 124 valence electrons. The Morgan fingerprint density at radius 3 is 2.17 bits per heavy atom. The van der Waals surface area contributed by atoms with Crippen LogP contribution in [0.1, 0.15) is 5.56 Å². The first-order chi connectivity index (χ1) is 10.9. The summed E-state index contributed by atoms with van der Waals surface area (Å²) in [6, 6.07) is 13.3. The minimum Gasteiger partial charge on any atom is -0.366 e. The molecule has 3 nitrogen and oxygen atoms in total. The molecule has 0 aliphatic heterocycles. The van der Waals surface area contributed by atoms with Gasteiger partial charge in [0.1, 0.15) is 5.82 Å². The van der Waals surface area contributed by atoms with E-state index in [1.54, 1.807) is 36.0 Å².